The van der Waals surface area contributed by atoms with Crippen LogP contribution < -0.4 is 15.5 Å². The lowest BCUT2D eigenvalue weighted by Crippen LogP contribution is -2.31. The average molecular weight is 429 g/mol. The van der Waals surface area contributed by atoms with Crippen LogP contribution >= 0.6 is 12.2 Å². The monoisotopic (exact) mass is 428 g/mol. The van der Waals surface area contributed by atoms with Crippen molar-refractivity contribution in [3.05, 3.63) is 102 Å². The number of para-hydroxylation sites is 2. The first-order valence-electron chi connectivity index (χ1n) is 10.2. The molecule has 6 heteroatoms. The number of benzene rings is 3. The molecule has 0 unspecified atom stereocenters. The first kappa shape index (κ1) is 20.6. The Balaban J connectivity index is 1.36. The van der Waals surface area contributed by atoms with E-state index in [1.807, 2.05) is 60.7 Å². The largest absolute Gasteiger partial charge is 0.492 e. The van der Waals surface area contributed by atoms with Gasteiger partial charge in [-0.15, -0.1) is 0 Å². The molecule has 0 radical (unpaired) electrons. The standard InChI is InChI=1S/C25H24N4OS/c31-25(26-17-20-9-3-1-4-10-20)28-27-18-21-19-29(24-14-8-7-13-23(21)24)15-16-30-22-11-5-2-6-12-22/h1-14,18-19H,15-17H2,(H2,26,28,31)/b27-18+. The molecule has 2 N–H and O–H groups in total. The minimum absolute atomic E-state index is 0.486. The number of nitrogens with one attached hydrogen (secondary N) is 2. The smallest absolute Gasteiger partial charge is 0.187 e. The zero-order valence-electron chi connectivity index (χ0n) is 17.1. The quantitative estimate of drug-likeness (QED) is 0.242. The van der Waals surface area contributed by atoms with Gasteiger partial charge in [-0.25, -0.2) is 0 Å². The molecule has 0 amide bonds. The molecule has 0 atom stereocenters. The van der Waals surface area contributed by atoms with E-state index in [2.05, 4.69) is 50.9 Å². The van der Waals surface area contributed by atoms with E-state index in [-0.39, 0.29) is 0 Å². The molecule has 1 aromatic heterocycles. The lowest BCUT2D eigenvalue weighted by Gasteiger charge is -2.08. The van der Waals surface area contributed by atoms with E-state index in [0.29, 0.717) is 18.3 Å². The SMILES string of the molecule is S=C(NCc1ccccc1)N/N=C/c1cn(CCOc2ccccc2)c2ccccc12. The molecule has 4 aromatic rings. The third-order valence-electron chi connectivity index (χ3n) is 4.83. The van der Waals surface area contributed by atoms with E-state index in [4.69, 9.17) is 17.0 Å². The Morgan fingerprint density at radius 1 is 0.935 bits per heavy atom. The van der Waals surface area contributed by atoms with Crippen molar-refractivity contribution in [3.63, 3.8) is 0 Å². The van der Waals surface area contributed by atoms with E-state index in [9.17, 15) is 0 Å². The van der Waals surface area contributed by atoms with Crippen LogP contribution in [-0.2, 0) is 13.1 Å². The van der Waals surface area contributed by atoms with Crippen molar-refractivity contribution >= 4 is 34.4 Å². The highest BCUT2D eigenvalue weighted by molar-refractivity contribution is 7.80. The van der Waals surface area contributed by atoms with E-state index in [1.165, 1.54) is 0 Å². The maximum atomic E-state index is 5.85. The number of fused-ring (bicyclic) bond motifs is 1. The van der Waals surface area contributed by atoms with Gasteiger partial charge >= 0.3 is 0 Å². The Labute approximate surface area is 187 Å². The second-order valence-corrected chi connectivity index (χ2v) is 7.40. The first-order valence-corrected chi connectivity index (χ1v) is 10.6. The summed E-state index contributed by atoms with van der Waals surface area (Å²) >= 11 is 5.32. The normalized spacial score (nSPS) is 11.0. The van der Waals surface area contributed by atoms with Crippen LogP contribution in [0.4, 0.5) is 0 Å². The van der Waals surface area contributed by atoms with Gasteiger partial charge < -0.3 is 14.6 Å². The molecule has 0 saturated carbocycles. The van der Waals surface area contributed by atoms with Crippen LogP contribution in [0.25, 0.3) is 10.9 Å². The third kappa shape index (κ3) is 5.71. The Bertz CT molecular complexity index is 1160. The van der Waals surface area contributed by atoms with Crippen molar-refractivity contribution in [3.8, 4) is 5.75 Å². The van der Waals surface area contributed by atoms with E-state index >= 15 is 0 Å². The van der Waals surface area contributed by atoms with Gasteiger partial charge in [0.2, 0.25) is 0 Å². The van der Waals surface area contributed by atoms with Gasteiger partial charge in [-0.2, -0.15) is 5.10 Å². The fraction of sp³-hybridized carbons (Fsp3) is 0.120. The van der Waals surface area contributed by atoms with Crippen LogP contribution in [0.5, 0.6) is 5.75 Å². The van der Waals surface area contributed by atoms with Gasteiger partial charge in [-0.05, 0) is 36.0 Å². The lowest BCUT2D eigenvalue weighted by molar-refractivity contribution is 0.300. The molecular formula is C25H24N4OS. The number of hydrogen-bond donors (Lipinski definition) is 2. The van der Waals surface area contributed by atoms with Crippen LogP contribution in [0.3, 0.4) is 0 Å². The van der Waals surface area contributed by atoms with Crippen LogP contribution in [-0.4, -0.2) is 22.5 Å². The molecule has 0 bridgehead atoms. The Morgan fingerprint density at radius 3 is 2.45 bits per heavy atom. The zero-order chi connectivity index (χ0) is 21.3. The second-order valence-electron chi connectivity index (χ2n) is 6.99. The minimum atomic E-state index is 0.486. The molecular weight excluding hydrogens is 404 g/mol. The molecule has 31 heavy (non-hydrogen) atoms. The van der Waals surface area contributed by atoms with Crippen LogP contribution in [0.15, 0.2) is 96.2 Å². The van der Waals surface area contributed by atoms with Crippen LogP contribution in [0, 0.1) is 0 Å². The van der Waals surface area contributed by atoms with Crippen molar-refractivity contribution < 1.29 is 4.74 Å². The van der Waals surface area contributed by atoms with Gasteiger partial charge in [-0.1, -0.05) is 66.7 Å². The molecule has 156 valence electrons. The average Bonchev–Trinajstić information content (AvgIpc) is 3.17. The van der Waals surface area contributed by atoms with Crippen molar-refractivity contribution in [2.24, 2.45) is 5.10 Å². The molecule has 1 heterocycles. The summed E-state index contributed by atoms with van der Waals surface area (Å²) in [4.78, 5) is 0. The zero-order valence-corrected chi connectivity index (χ0v) is 17.9. The van der Waals surface area contributed by atoms with Crippen molar-refractivity contribution in [1.82, 2.24) is 15.3 Å². The number of ether oxygens (including phenoxy) is 1. The maximum absolute atomic E-state index is 5.85. The van der Waals surface area contributed by atoms with E-state index in [1.54, 1.807) is 6.21 Å². The number of rotatable bonds is 8. The number of aromatic nitrogens is 1. The van der Waals surface area contributed by atoms with Gasteiger partial charge in [0.1, 0.15) is 12.4 Å². The molecule has 5 nitrogen and oxygen atoms in total. The van der Waals surface area contributed by atoms with Crippen LogP contribution in [0.2, 0.25) is 0 Å². The summed E-state index contributed by atoms with van der Waals surface area (Å²) in [6.45, 7) is 1.99. The topological polar surface area (TPSA) is 50.6 Å². The van der Waals surface area contributed by atoms with Gasteiger partial charge in [0.25, 0.3) is 0 Å². The summed E-state index contributed by atoms with van der Waals surface area (Å²) in [6.07, 6.45) is 3.89. The highest BCUT2D eigenvalue weighted by Gasteiger charge is 2.07. The van der Waals surface area contributed by atoms with Crippen molar-refractivity contribution in [1.29, 1.82) is 0 Å². The predicted molar refractivity (Wildman–Crippen MR) is 130 cm³/mol. The minimum Gasteiger partial charge on any atom is -0.492 e. The lowest BCUT2D eigenvalue weighted by atomic mass is 10.2. The van der Waals surface area contributed by atoms with Gasteiger partial charge in [0.15, 0.2) is 5.11 Å². The van der Waals surface area contributed by atoms with E-state index < -0.39 is 0 Å². The van der Waals surface area contributed by atoms with Gasteiger partial charge in [0, 0.05) is 29.2 Å². The Hall–Kier alpha value is -3.64. The summed E-state index contributed by atoms with van der Waals surface area (Å²) in [5, 5.41) is 9.10. The summed E-state index contributed by atoms with van der Waals surface area (Å²) in [5.74, 6) is 0.876. The maximum Gasteiger partial charge on any atom is 0.187 e. The van der Waals surface area contributed by atoms with Crippen LogP contribution in [0.1, 0.15) is 11.1 Å². The fourth-order valence-corrected chi connectivity index (χ4v) is 3.44. The highest BCUT2D eigenvalue weighted by atomic mass is 32.1. The summed E-state index contributed by atoms with van der Waals surface area (Å²) in [6, 6.07) is 28.2. The van der Waals surface area contributed by atoms with Crippen molar-refractivity contribution in [2.75, 3.05) is 6.61 Å². The van der Waals surface area contributed by atoms with E-state index in [0.717, 1.165) is 34.3 Å². The Morgan fingerprint density at radius 2 is 1.65 bits per heavy atom. The fourth-order valence-electron chi connectivity index (χ4n) is 3.32. The number of hydrazone groups is 1. The summed E-state index contributed by atoms with van der Waals surface area (Å²) in [5.41, 5.74) is 6.22. The van der Waals surface area contributed by atoms with Crippen molar-refractivity contribution in [2.45, 2.75) is 13.1 Å². The third-order valence-corrected chi connectivity index (χ3v) is 5.06. The molecule has 0 spiro atoms. The Kier molecular flexibility index (Phi) is 6.92. The highest BCUT2D eigenvalue weighted by Crippen LogP contribution is 2.20. The molecule has 0 aliphatic carbocycles. The number of nitrogens with zero attached hydrogens (tertiary/aromatic N) is 2. The summed E-state index contributed by atoms with van der Waals surface area (Å²) in [7, 11) is 0. The molecule has 4 rings (SSSR count). The molecule has 0 aliphatic rings. The predicted octanol–water partition coefficient (Wildman–Crippen LogP) is 4.72. The number of thiocarbonyl (C=S) groups is 1. The molecule has 0 aliphatic heterocycles. The first-order chi connectivity index (χ1) is 15.3. The second kappa shape index (κ2) is 10.4. The molecule has 0 saturated heterocycles. The molecule has 3 aromatic carbocycles. The van der Waals surface area contributed by atoms with Gasteiger partial charge in [-0.3, -0.25) is 5.43 Å². The van der Waals surface area contributed by atoms with Gasteiger partial charge in [0.05, 0.1) is 12.8 Å². The number of hydrogen-bond acceptors (Lipinski definition) is 3. The molecule has 0 fully saturated rings. The summed E-state index contributed by atoms with van der Waals surface area (Å²) < 4.78 is 8.04.